The number of alkyl halides is 1. The first-order chi connectivity index (χ1) is 9.22. The van der Waals surface area contributed by atoms with Crippen LogP contribution in [0.1, 0.15) is 4.88 Å². The standard InChI is InChI=1S/C13H11FN2OS2/c1-8-10(9-3-2-6-18-9)11-12(19-8)15-7-16(5-4-14)13(11)17/h2-3,6-7H,4-5H2,1H3. The molecule has 6 heteroatoms. The van der Waals surface area contributed by atoms with E-state index in [1.165, 1.54) is 22.2 Å². The molecule has 3 rings (SSSR count). The van der Waals surface area contributed by atoms with E-state index in [0.717, 1.165) is 20.1 Å². The second-order valence-corrected chi connectivity index (χ2v) is 6.27. The molecule has 0 unspecified atom stereocenters. The summed E-state index contributed by atoms with van der Waals surface area (Å²) in [6, 6.07) is 3.95. The van der Waals surface area contributed by atoms with Crippen molar-refractivity contribution in [3.05, 3.63) is 39.1 Å². The zero-order chi connectivity index (χ0) is 13.4. The van der Waals surface area contributed by atoms with Crippen molar-refractivity contribution < 1.29 is 4.39 Å². The molecule has 0 saturated heterocycles. The number of aryl methyl sites for hydroxylation is 2. The molecule has 0 aliphatic rings. The van der Waals surface area contributed by atoms with Gasteiger partial charge in [-0.3, -0.25) is 9.36 Å². The molecule has 0 aromatic carbocycles. The molecule has 0 bridgehead atoms. The first-order valence-electron chi connectivity index (χ1n) is 5.80. The normalized spacial score (nSPS) is 11.3. The Balaban J connectivity index is 2.35. The molecule has 0 aliphatic carbocycles. The van der Waals surface area contributed by atoms with Crippen molar-refractivity contribution in [3.8, 4) is 10.4 Å². The third kappa shape index (κ3) is 2.01. The summed E-state index contributed by atoms with van der Waals surface area (Å²) < 4.78 is 13.8. The van der Waals surface area contributed by atoms with Crippen molar-refractivity contribution >= 4 is 32.9 Å². The van der Waals surface area contributed by atoms with Gasteiger partial charge < -0.3 is 0 Å². The molecule has 0 saturated carbocycles. The molecule has 19 heavy (non-hydrogen) atoms. The van der Waals surface area contributed by atoms with Gasteiger partial charge in [0.15, 0.2) is 0 Å². The van der Waals surface area contributed by atoms with Crippen LogP contribution >= 0.6 is 22.7 Å². The number of rotatable bonds is 3. The van der Waals surface area contributed by atoms with Crippen LogP contribution in [0.15, 0.2) is 28.6 Å². The molecule has 0 aliphatic heterocycles. The lowest BCUT2D eigenvalue weighted by Crippen LogP contribution is -2.21. The van der Waals surface area contributed by atoms with Gasteiger partial charge in [0, 0.05) is 15.3 Å². The molecule has 3 heterocycles. The van der Waals surface area contributed by atoms with Gasteiger partial charge in [0.1, 0.15) is 11.5 Å². The minimum Gasteiger partial charge on any atom is -0.296 e. The first kappa shape index (κ1) is 12.5. The summed E-state index contributed by atoms with van der Waals surface area (Å²) in [5, 5.41) is 2.59. The lowest BCUT2D eigenvalue weighted by molar-refractivity contribution is 0.439. The third-order valence-electron chi connectivity index (χ3n) is 2.95. The van der Waals surface area contributed by atoms with E-state index < -0.39 is 6.67 Å². The van der Waals surface area contributed by atoms with E-state index in [1.54, 1.807) is 11.3 Å². The molecule has 98 valence electrons. The fourth-order valence-corrected chi connectivity index (χ4v) is 4.00. The van der Waals surface area contributed by atoms with Crippen LogP contribution in [0.5, 0.6) is 0 Å². The Bertz CT molecular complexity index is 774. The number of aromatic nitrogens is 2. The highest BCUT2D eigenvalue weighted by Crippen LogP contribution is 2.37. The van der Waals surface area contributed by atoms with Crippen LogP contribution in [0.4, 0.5) is 4.39 Å². The summed E-state index contributed by atoms with van der Waals surface area (Å²) >= 11 is 3.10. The Morgan fingerprint density at radius 1 is 1.47 bits per heavy atom. The third-order valence-corrected chi connectivity index (χ3v) is 4.85. The van der Waals surface area contributed by atoms with Crippen LogP contribution in [0.3, 0.4) is 0 Å². The lowest BCUT2D eigenvalue weighted by Gasteiger charge is -2.02. The molecule has 0 fully saturated rings. The summed E-state index contributed by atoms with van der Waals surface area (Å²) in [5.74, 6) is 0. The monoisotopic (exact) mass is 294 g/mol. The minimum absolute atomic E-state index is 0.0561. The number of thiophene rings is 2. The van der Waals surface area contributed by atoms with Crippen molar-refractivity contribution in [1.29, 1.82) is 0 Å². The van der Waals surface area contributed by atoms with Crippen LogP contribution in [0.25, 0.3) is 20.7 Å². The van der Waals surface area contributed by atoms with Gasteiger partial charge in [0.2, 0.25) is 0 Å². The smallest absolute Gasteiger partial charge is 0.262 e. The molecule has 3 nitrogen and oxygen atoms in total. The minimum atomic E-state index is -0.565. The number of halogens is 1. The van der Waals surface area contributed by atoms with Crippen molar-refractivity contribution in [2.24, 2.45) is 0 Å². The van der Waals surface area contributed by atoms with Crippen molar-refractivity contribution in [1.82, 2.24) is 9.55 Å². The van der Waals surface area contributed by atoms with E-state index in [2.05, 4.69) is 4.98 Å². The van der Waals surface area contributed by atoms with Crippen LogP contribution in [-0.2, 0) is 6.54 Å². The summed E-state index contributed by atoms with van der Waals surface area (Å²) in [5.41, 5.74) is 0.788. The maximum atomic E-state index is 12.5. The molecule has 0 radical (unpaired) electrons. The lowest BCUT2D eigenvalue weighted by atomic mass is 10.1. The molecule has 0 amide bonds. The van der Waals surface area contributed by atoms with Crippen molar-refractivity contribution in [2.75, 3.05) is 6.67 Å². The molecular weight excluding hydrogens is 283 g/mol. The maximum absolute atomic E-state index is 12.5. The summed E-state index contributed by atoms with van der Waals surface area (Å²) in [4.78, 5) is 19.5. The van der Waals surface area contributed by atoms with Gasteiger partial charge >= 0.3 is 0 Å². The average Bonchev–Trinajstić information content (AvgIpc) is 2.99. The Morgan fingerprint density at radius 2 is 2.32 bits per heavy atom. The van der Waals surface area contributed by atoms with Gasteiger partial charge in [-0.2, -0.15) is 0 Å². The van der Waals surface area contributed by atoms with Crippen LogP contribution in [0, 0.1) is 6.92 Å². The quantitative estimate of drug-likeness (QED) is 0.741. The zero-order valence-electron chi connectivity index (χ0n) is 10.2. The van der Waals surface area contributed by atoms with Crippen LogP contribution in [-0.4, -0.2) is 16.2 Å². The molecule has 3 aromatic rings. The topological polar surface area (TPSA) is 34.9 Å². The average molecular weight is 294 g/mol. The predicted octanol–water partition coefficient (Wildman–Crippen LogP) is 3.46. The van der Waals surface area contributed by atoms with E-state index in [1.807, 2.05) is 24.4 Å². The number of hydrogen-bond donors (Lipinski definition) is 0. The van der Waals surface area contributed by atoms with E-state index in [4.69, 9.17) is 0 Å². The van der Waals surface area contributed by atoms with Crippen LogP contribution in [0.2, 0.25) is 0 Å². The van der Waals surface area contributed by atoms with E-state index in [-0.39, 0.29) is 12.1 Å². The van der Waals surface area contributed by atoms with Gasteiger partial charge in [-0.05, 0) is 18.4 Å². The van der Waals surface area contributed by atoms with E-state index in [9.17, 15) is 9.18 Å². The van der Waals surface area contributed by atoms with Crippen molar-refractivity contribution in [2.45, 2.75) is 13.5 Å². The maximum Gasteiger partial charge on any atom is 0.262 e. The number of hydrogen-bond acceptors (Lipinski definition) is 4. The molecule has 0 N–H and O–H groups in total. The van der Waals surface area contributed by atoms with Gasteiger partial charge in [-0.25, -0.2) is 9.37 Å². The number of fused-ring (bicyclic) bond motifs is 1. The van der Waals surface area contributed by atoms with E-state index in [0.29, 0.717) is 5.39 Å². The summed E-state index contributed by atoms with van der Waals surface area (Å²) in [6.07, 6.45) is 1.43. The second-order valence-electron chi connectivity index (χ2n) is 4.12. The summed E-state index contributed by atoms with van der Waals surface area (Å²) in [6.45, 7) is 1.48. The Labute approximate surface area is 117 Å². The van der Waals surface area contributed by atoms with Crippen molar-refractivity contribution in [3.63, 3.8) is 0 Å². The summed E-state index contributed by atoms with van der Waals surface area (Å²) in [7, 11) is 0. The largest absolute Gasteiger partial charge is 0.296 e. The molecule has 0 spiro atoms. The van der Waals surface area contributed by atoms with Crippen LogP contribution < -0.4 is 5.56 Å². The fraction of sp³-hybridized carbons (Fsp3) is 0.231. The first-order valence-corrected chi connectivity index (χ1v) is 7.50. The fourth-order valence-electron chi connectivity index (χ4n) is 2.11. The molecule has 3 aromatic heterocycles. The molecule has 0 atom stereocenters. The Hall–Kier alpha value is -1.53. The van der Waals surface area contributed by atoms with Gasteiger partial charge in [0.25, 0.3) is 5.56 Å². The molecular formula is C13H11FN2OS2. The Morgan fingerprint density at radius 3 is 3.00 bits per heavy atom. The SMILES string of the molecule is Cc1sc2ncn(CCF)c(=O)c2c1-c1cccs1. The highest BCUT2D eigenvalue weighted by Gasteiger charge is 2.17. The van der Waals surface area contributed by atoms with Gasteiger partial charge in [-0.1, -0.05) is 6.07 Å². The highest BCUT2D eigenvalue weighted by molar-refractivity contribution is 7.20. The second kappa shape index (κ2) is 4.86. The van der Waals surface area contributed by atoms with E-state index >= 15 is 0 Å². The predicted molar refractivity (Wildman–Crippen MR) is 77.9 cm³/mol. The van der Waals surface area contributed by atoms with Gasteiger partial charge in [0.05, 0.1) is 18.3 Å². The Kier molecular flexibility index (Phi) is 3.20. The van der Waals surface area contributed by atoms with Gasteiger partial charge in [-0.15, -0.1) is 22.7 Å². The zero-order valence-corrected chi connectivity index (χ0v) is 11.9. The highest BCUT2D eigenvalue weighted by atomic mass is 32.1. The number of nitrogens with zero attached hydrogens (tertiary/aromatic N) is 2.